The zero-order chi connectivity index (χ0) is 9.47. The number of likely N-dealkylation sites (N-methyl/N-ethyl adjacent to an activating group) is 1. The van der Waals surface area contributed by atoms with E-state index in [0.29, 0.717) is 17.9 Å². The summed E-state index contributed by atoms with van der Waals surface area (Å²) in [5.41, 5.74) is 0.532. The lowest BCUT2D eigenvalue weighted by Crippen LogP contribution is -2.29. The molecule has 0 radical (unpaired) electrons. The van der Waals surface area contributed by atoms with Crippen molar-refractivity contribution < 1.29 is 4.79 Å². The van der Waals surface area contributed by atoms with Gasteiger partial charge in [0.15, 0.2) is 0 Å². The average molecular weight is 182 g/mol. The van der Waals surface area contributed by atoms with Crippen LogP contribution in [0.5, 0.6) is 0 Å². The number of hydrogen-bond acceptors (Lipinski definition) is 2. The standard InChI is InChI=1S/C10H18N2O/c1-3-12-8-11(6-9(12)13)7-10(2)4-5-10/h3-8H2,1-2H3. The third-order valence-corrected chi connectivity index (χ3v) is 3.17. The summed E-state index contributed by atoms with van der Waals surface area (Å²) in [5, 5.41) is 0. The summed E-state index contributed by atoms with van der Waals surface area (Å²) in [6.07, 6.45) is 2.67. The molecule has 2 aliphatic rings. The van der Waals surface area contributed by atoms with Crippen molar-refractivity contribution in [3.05, 3.63) is 0 Å². The largest absolute Gasteiger partial charge is 0.329 e. The van der Waals surface area contributed by atoms with Crippen molar-refractivity contribution in [2.45, 2.75) is 26.7 Å². The quantitative estimate of drug-likeness (QED) is 0.647. The summed E-state index contributed by atoms with van der Waals surface area (Å²) in [7, 11) is 0. The Balaban J connectivity index is 1.86. The van der Waals surface area contributed by atoms with Crippen molar-refractivity contribution in [2.75, 3.05) is 26.3 Å². The van der Waals surface area contributed by atoms with Crippen LogP contribution in [-0.4, -0.2) is 42.0 Å². The fraction of sp³-hybridized carbons (Fsp3) is 0.900. The van der Waals surface area contributed by atoms with Crippen LogP contribution in [0.3, 0.4) is 0 Å². The molecule has 0 spiro atoms. The van der Waals surface area contributed by atoms with E-state index in [4.69, 9.17) is 0 Å². The zero-order valence-electron chi connectivity index (χ0n) is 8.55. The SMILES string of the molecule is CCN1CN(CC2(C)CC2)CC1=O. The molecule has 0 aromatic rings. The Morgan fingerprint density at radius 1 is 1.46 bits per heavy atom. The zero-order valence-corrected chi connectivity index (χ0v) is 8.55. The molecule has 2 fully saturated rings. The second kappa shape index (κ2) is 2.98. The summed E-state index contributed by atoms with van der Waals surface area (Å²) < 4.78 is 0. The normalized spacial score (nSPS) is 26.9. The molecule has 1 aliphatic heterocycles. The predicted molar refractivity (Wildman–Crippen MR) is 51.2 cm³/mol. The average Bonchev–Trinajstić information content (AvgIpc) is 2.67. The van der Waals surface area contributed by atoms with Gasteiger partial charge in [0.1, 0.15) is 0 Å². The number of amides is 1. The Morgan fingerprint density at radius 3 is 2.62 bits per heavy atom. The number of carbonyl (C=O) groups excluding carboxylic acids is 1. The van der Waals surface area contributed by atoms with Gasteiger partial charge in [0.05, 0.1) is 13.2 Å². The fourth-order valence-corrected chi connectivity index (χ4v) is 1.96. The van der Waals surface area contributed by atoms with Crippen molar-refractivity contribution >= 4 is 5.91 Å². The van der Waals surface area contributed by atoms with Gasteiger partial charge < -0.3 is 4.90 Å². The molecule has 2 rings (SSSR count). The Morgan fingerprint density at radius 2 is 2.15 bits per heavy atom. The smallest absolute Gasteiger partial charge is 0.237 e. The van der Waals surface area contributed by atoms with Gasteiger partial charge in [-0.2, -0.15) is 0 Å². The van der Waals surface area contributed by atoms with Gasteiger partial charge in [-0.25, -0.2) is 0 Å². The van der Waals surface area contributed by atoms with Gasteiger partial charge in [-0.15, -0.1) is 0 Å². The number of rotatable bonds is 3. The molecule has 1 saturated carbocycles. The molecule has 0 atom stereocenters. The van der Waals surface area contributed by atoms with Crippen molar-refractivity contribution in [3.8, 4) is 0 Å². The Hall–Kier alpha value is -0.570. The van der Waals surface area contributed by atoms with Crippen molar-refractivity contribution in [2.24, 2.45) is 5.41 Å². The van der Waals surface area contributed by atoms with Gasteiger partial charge in [-0.3, -0.25) is 9.69 Å². The third kappa shape index (κ3) is 1.85. The van der Waals surface area contributed by atoms with Gasteiger partial charge >= 0.3 is 0 Å². The van der Waals surface area contributed by atoms with E-state index >= 15 is 0 Å². The van der Waals surface area contributed by atoms with Crippen LogP contribution in [-0.2, 0) is 4.79 Å². The maximum atomic E-state index is 11.4. The van der Waals surface area contributed by atoms with Gasteiger partial charge in [0.25, 0.3) is 0 Å². The lowest BCUT2D eigenvalue weighted by molar-refractivity contribution is -0.126. The van der Waals surface area contributed by atoms with Gasteiger partial charge in [0, 0.05) is 13.1 Å². The van der Waals surface area contributed by atoms with Crippen LogP contribution in [0, 0.1) is 5.41 Å². The second-order valence-electron chi connectivity index (χ2n) is 4.69. The van der Waals surface area contributed by atoms with E-state index in [1.807, 2.05) is 11.8 Å². The first-order valence-electron chi connectivity index (χ1n) is 5.13. The van der Waals surface area contributed by atoms with E-state index in [0.717, 1.165) is 19.8 Å². The summed E-state index contributed by atoms with van der Waals surface area (Å²) in [5.74, 6) is 0.298. The maximum Gasteiger partial charge on any atom is 0.237 e. The molecule has 0 bridgehead atoms. The van der Waals surface area contributed by atoms with Crippen LogP contribution in [0.2, 0.25) is 0 Å². The highest BCUT2D eigenvalue weighted by molar-refractivity contribution is 5.80. The van der Waals surface area contributed by atoms with Crippen LogP contribution in [0.25, 0.3) is 0 Å². The topological polar surface area (TPSA) is 23.6 Å². The molecule has 1 saturated heterocycles. The first-order chi connectivity index (χ1) is 6.13. The lowest BCUT2D eigenvalue weighted by atomic mass is 10.1. The summed E-state index contributed by atoms with van der Waals surface area (Å²) in [6.45, 7) is 7.81. The second-order valence-corrected chi connectivity index (χ2v) is 4.69. The minimum absolute atomic E-state index is 0.298. The molecule has 1 aliphatic carbocycles. The minimum atomic E-state index is 0.298. The highest BCUT2D eigenvalue weighted by Gasteiger charge is 2.40. The van der Waals surface area contributed by atoms with Gasteiger partial charge in [-0.1, -0.05) is 6.92 Å². The first kappa shape index (κ1) is 9.00. The molecule has 0 unspecified atom stereocenters. The van der Waals surface area contributed by atoms with Crippen LogP contribution >= 0.6 is 0 Å². The van der Waals surface area contributed by atoms with Crippen LogP contribution in [0.4, 0.5) is 0 Å². The summed E-state index contributed by atoms with van der Waals surface area (Å²) in [4.78, 5) is 15.6. The molecule has 0 N–H and O–H groups in total. The molecule has 3 heteroatoms. The van der Waals surface area contributed by atoms with E-state index in [1.54, 1.807) is 0 Å². The van der Waals surface area contributed by atoms with E-state index < -0.39 is 0 Å². The molecule has 1 heterocycles. The van der Waals surface area contributed by atoms with Crippen molar-refractivity contribution in [1.82, 2.24) is 9.80 Å². The Kier molecular flexibility index (Phi) is 2.06. The molecular weight excluding hydrogens is 164 g/mol. The highest BCUT2D eigenvalue weighted by atomic mass is 16.2. The molecule has 0 aromatic heterocycles. The maximum absolute atomic E-state index is 11.4. The minimum Gasteiger partial charge on any atom is -0.329 e. The number of hydrogen-bond donors (Lipinski definition) is 0. The Labute approximate surface area is 79.7 Å². The third-order valence-electron chi connectivity index (χ3n) is 3.17. The van der Waals surface area contributed by atoms with Crippen LogP contribution < -0.4 is 0 Å². The molecule has 74 valence electrons. The van der Waals surface area contributed by atoms with E-state index in [2.05, 4.69) is 11.8 Å². The van der Waals surface area contributed by atoms with Crippen molar-refractivity contribution in [3.63, 3.8) is 0 Å². The predicted octanol–water partition coefficient (Wildman–Crippen LogP) is 0.908. The molecule has 13 heavy (non-hydrogen) atoms. The number of carbonyl (C=O) groups is 1. The van der Waals surface area contributed by atoms with E-state index in [1.165, 1.54) is 12.8 Å². The lowest BCUT2D eigenvalue weighted by Gasteiger charge is -2.19. The first-order valence-corrected chi connectivity index (χ1v) is 5.13. The van der Waals surface area contributed by atoms with E-state index in [-0.39, 0.29) is 0 Å². The highest BCUT2D eigenvalue weighted by Crippen LogP contribution is 2.45. The molecular formula is C10H18N2O. The molecule has 3 nitrogen and oxygen atoms in total. The summed E-state index contributed by atoms with van der Waals surface area (Å²) >= 11 is 0. The Bertz CT molecular complexity index is 223. The van der Waals surface area contributed by atoms with Gasteiger partial charge in [0.2, 0.25) is 5.91 Å². The van der Waals surface area contributed by atoms with Crippen LogP contribution in [0.1, 0.15) is 26.7 Å². The van der Waals surface area contributed by atoms with Gasteiger partial charge in [-0.05, 0) is 25.2 Å². The fourth-order valence-electron chi connectivity index (χ4n) is 1.96. The monoisotopic (exact) mass is 182 g/mol. The summed E-state index contributed by atoms with van der Waals surface area (Å²) in [6, 6.07) is 0. The molecule has 0 aromatic carbocycles. The van der Waals surface area contributed by atoms with E-state index in [9.17, 15) is 4.79 Å². The number of nitrogens with zero attached hydrogens (tertiary/aromatic N) is 2. The molecule has 1 amide bonds. The van der Waals surface area contributed by atoms with Crippen molar-refractivity contribution in [1.29, 1.82) is 0 Å². The van der Waals surface area contributed by atoms with Crippen LogP contribution in [0.15, 0.2) is 0 Å².